The molecule has 0 saturated carbocycles. The Labute approximate surface area is 169 Å². The first-order valence-electron chi connectivity index (χ1n) is 10.6. The Morgan fingerprint density at radius 2 is 1.68 bits per heavy atom. The van der Waals surface area contributed by atoms with E-state index in [0.717, 1.165) is 80.2 Å². The van der Waals surface area contributed by atoms with Crippen molar-refractivity contribution in [3.05, 3.63) is 16.0 Å². The van der Waals surface area contributed by atoms with Crippen LogP contribution in [0, 0.1) is 0 Å². The normalized spacial score (nSPS) is 20.4. The van der Waals surface area contributed by atoms with Crippen molar-refractivity contribution in [2.75, 3.05) is 50.0 Å². The number of morpholine rings is 1. The number of anilines is 2. The molecule has 0 aromatic carbocycles. The monoisotopic (exact) mass is 401 g/mol. The number of hydrogen-bond acceptors (Lipinski definition) is 5. The maximum Gasteiger partial charge on any atom is 0.279 e. The number of aryl methyl sites for hydroxylation is 1. The van der Waals surface area contributed by atoms with E-state index < -0.39 is 0 Å². The second kappa shape index (κ2) is 7.52. The second-order valence-corrected chi connectivity index (χ2v) is 9.16. The number of pyridine rings is 1. The number of H-pyrrole nitrogens is 1. The summed E-state index contributed by atoms with van der Waals surface area (Å²) < 4.78 is 5.55. The molecule has 4 heterocycles. The van der Waals surface area contributed by atoms with E-state index in [-0.39, 0.29) is 5.91 Å². The van der Waals surface area contributed by atoms with Gasteiger partial charge in [-0.05, 0) is 50.5 Å². The average Bonchev–Trinajstić information content (AvgIpc) is 3.10. The number of nitrogens with zero attached hydrogens (tertiary/aromatic N) is 2. The highest BCUT2D eigenvalue weighted by Crippen LogP contribution is 2.40. The zero-order valence-electron chi connectivity index (χ0n) is 16.4. The number of nitrogen functional groups attached to an aromatic ring is 1. The molecule has 150 valence electrons. The van der Waals surface area contributed by atoms with Gasteiger partial charge in [0.1, 0.15) is 18.0 Å². The van der Waals surface area contributed by atoms with Crippen molar-refractivity contribution in [3.8, 4) is 0 Å². The van der Waals surface area contributed by atoms with Gasteiger partial charge in [0.25, 0.3) is 11.7 Å². The van der Waals surface area contributed by atoms with E-state index in [1.807, 2.05) is 4.90 Å². The highest BCUT2D eigenvalue weighted by atomic mass is 32.1. The van der Waals surface area contributed by atoms with Crippen LogP contribution in [-0.4, -0.2) is 50.2 Å². The zero-order chi connectivity index (χ0) is 19.1. The summed E-state index contributed by atoms with van der Waals surface area (Å²) in [7, 11) is 0. The molecule has 1 aliphatic carbocycles. The second-order valence-electron chi connectivity index (χ2n) is 8.14. The molecule has 0 atom stereocenters. The smallest absolute Gasteiger partial charge is 0.279 e. The van der Waals surface area contributed by atoms with Crippen LogP contribution >= 0.6 is 11.3 Å². The third-order valence-corrected chi connectivity index (χ3v) is 7.51. The minimum absolute atomic E-state index is 0.115. The SMILES string of the molecule is Nc1c(C(=O)N2CCCCC2)sc2[nH+]c(N3CCOCC3)c3c(c12)CCCC3. The summed E-state index contributed by atoms with van der Waals surface area (Å²) in [4.78, 5) is 23.0. The Bertz CT molecular complexity index is 898. The van der Waals surface area contributed by atoms with Gasteiger partial charge >= 0.3 is 0 Å². The van der Waals surface area contributed by atoms with Crippen molar-refractivity contribution < 1.29 is 14.5 Å². The van der Waals surface area contributed by atoms with Crippen LogP contribution in [0.5, 0.6) is 0 Å². The number of fused-ring (bicyclic) bond motifs is 3. The van der Waals surface area contributed by atoms with E-state index >= 15 is 0 Å². The molecule has 0 radical (unpaired) electrons. The van der Waals surface area contributed by atoms with Gasteiger partial charge in [-0.25, -0.2) is 4.98 Å². The standard InChI is InChI=1S/C21H28N4O2S/c22-17-16-14-6-2-3-7-15(14)19(24-10-12-27-13-11-24)23-20(16)28-18(17)21(26)25-8-4-1-5-9-25/h1-13,22H2/p+1. The van der Waals surface area contributed by atoms with Gasteiger partial charge in [-0.2, -0.15) is 0 Å². The molecule has 3 N–H and O–H groups in total. The number of hydrogen-bond donors (Lipinski definition) is 1. The number of nitrogens with one attached hydrogen (secondary N) is 1. The predicted octanol–water partition coefficient (Wildman–Crippen LogP) is 2.64. The van der Waals surface area contributed by atoms with E-state index in [4.69, 9.17) is 10.5 Å². The summed E-state index contributed by atoms with van der Waals surface area (Å²) in [6.07, 6.45) is 7.95. The molecule has 0 bridgehead atoms. The number of aromatic amines is 1. The van der Waals surface area contributed by atoms with Gasteiger partial charge in [0.2, 0.25) is 0 Å². The summed E-state index contributed by atoms with van der Waals surface area (Å²) in [5.41, 5.74) is 10.1. The summed E-state index contributed by atoms with van der Waals surface area (Å²) in [5, 5.41) is 1.11. The Balaban J connectivity index is 1.61. The number of nitrogens with two attached hydrogens (primary N) is 1. The lowest BCUT2D eigenvalue weighted by Gasteiger charge is -2.26. The van der Waals surface area contributed by atoms with Crippen molar-refractivity contribution in [3.63, 3.8) is 0 Å². The molecule has 2 aromatic heterocycles. The molecule has 0 spiro atoms. The van der Waals surface area contributed by atoms with E-state index in [1.165, 1.54) is 36.2 Å². The van der Waals surface area contributed by atoms with Crippen molar-refractivity contribution in [1.29, 1.82) is 0 Å². The number of likely N-dealkylation sites (tertiary alicyclic amines) is 1. The fraction of sp³-hybridized carbons (Fsp3) is 0.619. The molecule has 7 heteroatoms. The topological polar surface area (TPSA) is 72.9 Å². The molecule has 0 unspecified atom stereocenters. The first kappa shape index (κ1) is 18.2. The lowest BCUT2D eigenvalue weighted by Crippen LogP contribution is -2.40. The van der Waals surface area contributed by atoms with E-state index in [1.54, 1.807) is 11.3 Å². The van der Waals surface area contributed by atoms with Crippen LogP contribution in [-0.2, 0) is 17.6 Å². The first-order valence-corrected chi connectivity index (χ1v) is 11.5. The highest BCUT2D eigenvalue weighted by Gasteiger charge is 2.32. The van der Waals surface area contributed by atoms with Crippen LogP contribution in [0.2, 0.25) is 0 Å². The molecule has 3 aliphatic rings. The van der Waals surface area contributed by atoms with E-state index in [0.29, 0.717) is 5.69 Å². The minimum Gasteiger partial charge on any atom is -0.397 e. The van der Waals surface area contributed by atoms with Crippen LogP contribution < -0.4 is 15.6 Å². The Kier molecular flexibility index (Phi) is 4.88. The number of carbonyl (C=O) groups is 1. The number of aromatic nitrogens is 1. The molecular formula is C21H29N4O2S+. The predicted molar refractivity (Wildman–Crippen MR) is 112 cm³/mol. The summed E-state index contributed by atoms with van der Waals surface area (Å²) in [6, 6.07) is 0. The molecule has 1 amide bonds. The number of ether oxygens (including phenoxy) is 1. The van der Waals surface area contributed by atoms with E-state index in [2.05, 4.69) is 9.88 Å². The van der Waals surface area contributed by atoms with Crippen LogP contribution in [0.3, 0.4) is 0 Å². The minimum atomic E-state index is 0.115. The lowest BCUT2D eigenvalue weighted by atomic mass is 9.89. The van der Waals surface area contributed by atoms with Crippen molar-refractivity contribution in [2.24, 2.45) is 0 Å². The summed E-state index contributed by atoms with van der Waals surface area (Å²) in [5.74, 6) is 1.34. The van der Waals surface area contributed by atoms with Gasteiger partial charge in [-0.3, -0.25) is 9.69 Å². The first-order chi connectivity index (χ1) is 13.7. The van der Waals surface area contributed by atoms with Gasteiger partial charge in [-0.1, -0.05) is 11.3 Å². The van der Waals surface area contributed by atoms with Crippen LogP contribution in [0.15, 0.2) is 0 Å². The zero-order valence-corrected chi connectivity index (χ0v) is 17.2. The van der Waals surface area contributed by atoms with Crippen LogP contribution in [0.4, 0.5) is 11.5 Å². The summed E-state index contributed by atoms with van der Waals surface area (Å²) in [6.45, 7) is 5.07. The maximum atomic E-state index is 13.2. The molecule has 6 nitrogen and oxygen atoms in total. The summed E-state index contributed by atoms with van der Waals surface area (Å²) >= 11 is 1.55. The molecule has 2 aromatic rings. The quantitative estimate of drug-likeness (QED) is 0.840. The molecule has 2 aliphatic heterocycles. The van der Waals surface area contributed by atoms with Gasteiger partial charge in [0.05, 0.1) is 24.3 Å². The van der Waals surface area contributed by atoms with Gasteiger partial charge in [0, 0.05) is 18.7 Å². The molecule has 2 fully saturated rings. The molecule has 28 heavy (non-hydrogen) atoms. The Hall–Kier alpha value is -1.86. The Morgan fingerprint density at radius 1 is 0.964 bits per heavy atom. The third-order valence-electron chi connectivity index (χ3n) is 6.40. The Morgan fingerprint density at radius 3 is 2.43 bits per heavy atom. The molecule has 5 rings (SSSR count). The van der Waals surface area contributed by atoms with Gasteiger partial charge in [-0.15, -0.1) is 0 Å². The maximum absolute atomic E-state index is 13.2. The van der Waals surface area contributed by atoms with Crippen molar-refractivity contribution in [1.82, 2.24) is 4.90 Å². The third kappa shape index (κ3) is 3.05. The van der Waals surface area contributed by atoms with Crippen molar-refractivity contribution >= 4 is 39.0 Å². The number of carbonyl (C=O) groups excluding carboxylic acids is 1. The highest BCUT2D eigenvalue weighted by molar-refractivity contribution is 7.20. The fourth-order valence-corrected chi connectivity index (χ4v) is 6.03. The lowest BCUT2D eigenvalue weighted by molar-refractivity contribution is -0.328. The largest absolute Gasteiger partial charge is 0.397 e. The number of amides is 1. The van der Waals surface area contributed by atoms with Crippen molar-refractivity contribution in [2.45, 2.75) is 44.9 Å². The average molecular weight is 402 g/mol. The molecular weight excluding hydrogens is 372 g/mol. The van der Waals surface area contributed by atoms with Gasteiger partial charge in [0.15, 0.2) is 4.83 Å². The number of piperidine rings is 1. The number of thiophene rings is 1. The number of rotatable bonds is 2. The van der Waals surface area contributed by atoms with E-state index in [9.17, 15) is 4.79 Å². The van der Waals surface area contributed by atoms with Gasteiger partial charge < -0.3 is 15.4 Å². The fourth-order valence-electron chi connectivity index (χ4n) is 4.91. The van der Waals surface area contributed by atoms with Crippen LogP contribution in [0.25, 0.3) is 10.2 Å². The van der Waals surface area contributed by atoms with Crippen LogP contribution in [0.1, 0.15) is 52.9 Å². The molecule has 2 saturated heterocycles.